The lowest BCUT2D eigenvalue weighted by Crippen LogP contribution is -2.38. The van der Waals surface area contributed by atoms with E-state index in [2.05, 4.69) is 16.5 Å². The van der Waals surface area contributed by atoms with Crippen molar-refractivity contribution in [1.29, 1.82) is 0 Å². The Morgan fingerprint density at radius 3 is 2.46 bits per heavy atom. The molecule has 0 aliphatic carbocycles. The van der Waals surface area contributed by atoms with Gasteiger partial charge in [0.15, 0.2) is 5.78 Å². The number of nitrogens with zero attached hydrogens (tertiary/aromatic N) is 4. The second kappa shape index (κ2) is 13.8. The Labute approximate surface area is 234 Å². The molecule has 0 saturated heterocycles. The second-order valence-corrected chi connectivity index (χ2v) is 9.85. The monoisotopic (exact) mass is 548 g/mol. The Hall–Kier alpha value is -3.88. The van der Waals surface area contributed by atoms with Crippen molar-refractivity contribution in [2.45, 2.75) is 19.3 Å². The summed E-state index contributed by atoms with van der Waals surface area (Å²) in [5, 5.41) is 0.363. The van der Waals surface area contributed by atoms with Crippen LogP contribution in [0.15, 0.2) is 61.3 Å². The van der Waals surface area contributed by atoms with Gasteiger partial charge < -0.3 is 14.5 Å². The van der Waals surface area contributed by atoms with Crippen LogP contribution in [0.25, 0.3) is 0 Å². The maximum atomic E-state index is 13.1. The molecule has 8 nitrogen and oxygen atoms in total. The molecule has 0 spiro atoms. The number of amides is 1. The molecule has 0 saturated carbocycles. The van der Waals surface area contributed by atoms with Gasteiger partial charge in [-0.05, 0) is 37.4 Å². The summed E-state index contributed by atoms with van der Waals surface area (Å²) < 4.78 is 5.39. The van der Waals surface area contributed by atoms with E-state index in [1.54, 1.807) is 32.4 Å². The van der Waals surface area contributed by atoms with E-state index in [1.807, 2.05) is 43.3 Å². The topological polar surface area (TPSA) is 92.7 Å². The number of methoxy groups -OCH3 is 1. The predicted molar refractivity (Wildman–Crippen MR) is 152 cm³/mol. The molecule has 1 amide bonds. The number of ether oxygens (including phenoxy) is 1. The maximum Gasteiger partial charge on any atom is 0.294 e. The number of halogens is 1. The number of benzene rings is 2. The summed E-state index contributed by atoms with van der Waals surface area (Å²) in [6.45, 7) is 4.63. The first-order valence-corrected chi connectivity index (χ1v) is 12.8. The summed E-state index contributed by atoms with van der Waals surface area (Å²) in [7, 11) is 7.00. The molecular formula is C30H33ClN4O4. The number of carbonyl (C=O) groups excluding carboxylic acids is 3. The SMILES string of the molecule is C=CC(=O)Cc1cc(Cc2ncc(Cl)c(Cc3ccccc3C(=O)C(=O)N(C)CCN(C)C)n2)ccc1OC. The molecule has 0 atom stereocenters. The van der Waals surface area contributed by atoms with Gasteiger partial charge >= 0.3 is 0 Å². The second-order valence-electron chi connectivity index (χ2n) is 9.44. The van der Waals surface area contributed by atoms with Crippen LogP contribution in [0.4, 0.5) is 0 Å². The van der Waals surface area contributed by atoms with Gasteiger partial charge in [-0.25, -0.2) is 9.97 Å². The van der Waals surface area contributed by atoms with E-state index in [1.165, 1.54) is 17.2 Å². The van der Waals surface area contributed by atoms with Gasteiger partial charge in [-0.15, -0.1) is 0 Å². The summed E-state index contributed by atoms with van der Waals surface area (Å²) in [5.74, 6) is -0.0918. The number of hydrogen-bond donors (Lipinski definition) is 0. The number of ketones is 2. The van der Waals surface area contributed by atoms with Crippen LogP contribution in [-0.2, 0) is 28.9 Å². The first kappa shape index (κ1) is 29.7. The van der Waals surface area contributed by atoms with Gasteiger partial charge in [0.05, 0.1) is 17.8 Å². The van der Waals surface area contributed by atoms with Gasteiger partial charge in [-0.2, -0.15) is 0 Å². The van der Waals surface area contributed by atoms with Crippen molar-refractivity contribution < 1.29 is 19.1 Å². The highest BCUT2D eigenvalue weighted by Gasteiger charge is 2.23. The fourth-order valence-corrected chi connectivity index (χ4v) is 4.15. The van der Waals surface area contributed by atoms with Crippen molar-refractivity contribution in [3.63, 3.8) is 0 Å². The van der Waals surface area contributed by atoms with E-state index < -0.39 is 11.7 Å². The highest BCUT2D eigenvalue weighted by Crippen LogP contribution is 2.24. The minimum Gasteiger partial charge on any atom is -0.496 e. The van der Waals surface area contributed by atoms with Crippen molar-refractivity contribution in [3.05, 3.63) is 100 Å². The third-order valence-corrected chi connectivity index (χ3v) is 6.53. The van der Waals surface area contributed by atoms with E-state index in [0.717, 1.165) is 11.1 Å². The summed E-state index contributed by atoms with van der Waals surface area (Å²) in [4.78, 5) is 50.3. The fourth-order valence-electron chi connectivity index (χ4n) is 3.99. The molecule has 0 radical (unpaired) electrons. The zero-order valence-corrected chi connectivity index (χ0v) is 23.5. The minimum atomic E-state index is -0.572. The number of hydrogen-bond acceptors (Lipinski definition) is 7. The van der Waals surface area contributed by atoms with Crippen molar-refractivity contribution in [3.8, 4) is 5.75 Å². The number of carbonyl (C=O) groups is 3. The maximum absolute atomic E-state index is 13.1. The highest BCUT2D eigenvalue weighted by atomic mass is 35.5. The van der Waals surface area contributed by atoms with Crippen molar-refractivity contribution in [2.75, 3.05) is 41.3 Å². The molecule has 0 N–H and O–H groups in total. The average Bonchev–Trinajstić information content (AvgIpc) is 2.93. The molecule has 0 fully saturated rings. The van der Waals surface area contributed by atoms with Crippen molar-refractivity contribution >= 4 is 29.1 Å². The smallest absolute Gasteiger partial charge is 0.294 e. The number of likely N-dealkylation sites (N-methyl/N-ethyl adjacent to an activating group) is 2. The summed E-state index contributed by atoms with van der Waals surface area (Å²) in [5.41, 5.74) is 3.17. The molecule has 0 aliphatic heterocycles. The van der Waals surface area contributed by atoms with Gasteiger partial charge in [-0.3, -0.25) is 14.4 Å². The summed E-state index contributed by atoms with van der Waals surface area (Å²) in [6, 6.07) is 12.6. The van der Waals surface area contributed by atoms with Gasteiger partial charge in [0, 0.05) is 56.7 Å². The molecule has 0 bridgehead atoms. The highest BCUT2D eigenvalue weighted by molar-refractivity contribution is 6.43. The van der Waals surface area contributed by atoms with E-state index in [9.17, 15) is 14.4 Å². The average molecular weight is 549 g/mol. The van der Waals surface area contributed by atoms with E-state index in [0.29, 0.717) is 52.9 Å². The largest absolute Gasteiger partial charge is 0.496 e. The third-order valence-electron chi connectivity index (χ3n) is 6.21. The zero-order chi connectivity index (χ0) is 28.5. The lowest BCUT2D eigenvalue weighted by Gasteiger charge is -2.19. The Kier molecular flexibility index (Phi) is 10.5. The first-order valence-electron chi connectivity index (χ1n) is 12.5. The molecule has 39 heavy (non-hydrogen) atoms. The van der Waals surface area contributed by atoms with Crippen molar-refractivity contribution in [1.82, 2.24) is 19.8 Å². The van der Waals surface area contributed by atoms with E-state index >= 15 is 0 Å². The Morgan fingerprint density at radius 2 is 1.77 bits per heavy atom. The number of rotatable bonds is 13. The fraction of sp³-hybridized carbons (Fsp3) is 0.300. The summed E-state index contributed by atoms with van der Waals surface area (Å²) >= 11 is 6.45. The quantitative estimate of drug-likeness (QED) is 0.182. The van der Waals surface area contributed by atoms with Gasteiger partial charge in [0.1, 0.15) is 11.6 Å². The number of allylic oxidation sites excluding steroid dienone is 1. The van der Waals surface area contributed by atoms with Crippen LogP contribution in [0.2, 0.25) is 5.02 Å². The molecule has 2 aromatic carbocycles. The third kappa shape index (κ3) is 8.05. The molecule has 0 aliphatic rings. The summed E-state index contributed by atoms with van der Waals surface area (Å²) in [6.07, 6.45) is 3.67. The zero-order valence-electron chi connectivity index (χ0n) is 22.7. The van der Waals surface area contributed by atoms with Gasteiger partial charge in [-0.1, -0.05) is 54.6 Å². The standard InChI is InChI=1S/C30H33ClN4O4/c1-6-23(36)17-22-15-20(11-12-27(22)39-5)16-28-32-19-25(31)26(33-28)18-21-9-7-8-10-24(21)29(37)30(38)35(4)14-13-34(2)3/h6-12,15,19H,1,13-14,16-18H2,2-5H3. The molecule has 9 heteroatoms. The Balaban J connectivity index is 1.83. The van der Waals surface area contributed by atoms with Gasteiger partial charge in [0.25, 0.3) is 11.7 Å². The molecule has 0 unspecified atom stereocenters. The van der Waals surface area contributed by atoms with E-state index in [-0.39, 0.29) is 18.6 Å². The van der Waals surface area contributed by atoms with Crippen LogP contribution in [0.1, 0.15) is 38.6 Å². The van der Waals surface area contributed by atoms with E-state index in [4.69, 9.17) is 16.3 Å². The van der Waals surface area contributed by atoms with Crippen LogP contribution in [0.3, 0.4) is 0 Å². The Bertz CT molecular complexity index is 1370. The number of aromatic nitrogens is 2. The predicted octanol–water partition coefficient (Wildman–Crippen LogP) is 3.82. The molecule has 204 valence electrons. The molecule has 3 rings (SSSR count). The van der Waals surface area contributed by atoms with Crippen LogP contribution in [0, 0.1) is 0 Å². The molecule has 1 heterocycles. The van der Waals surface area contributed by atoms with Crippen LogP contribution >= 0.6 is 11.6 Å². The van der Waals surface area contributed by atoms with Crippen LogP contribution in [-0.4, -0.2) is 78.6 Å². The lowest BCUT2D eigenvalue weighted by molar-refractivity contribution is -0.125. The lowest BCUT2D eigenvalue weighted by atomic mass is 9.98. The van der Waals surface area contributed by atoms with Crippen LogP contribution in [0.5, 0.6) is 5.75 Å². The number of Topliss-reactive ketones (excluding diaryl/α,β-unsaturated/α-hetero) is 1. The van der Waals surface area contributed by atoms with Crippen LogP contribution < -0.4 is 4.74 Å². The molecule has 1 aromatic heterocycles. The minimum absolute atomic E-state index is 0.105. The van der Waals surface area contributed by atoms with Crippen molar-refractivity contribution in [2.24, 2.45) is 0 Å². The molecule has 3 aromatic rings. The normalized spacial score (nSPS) is 10.8. The Morgan fingerprint density at radius 1 is 1.03 bits per heavy atom. The van der Waals surface area contributed by atoms with Gasteiger partial charge in [0.2, 0.25) is 0 Å². The molecular weight excluding hydrogens is 516 g/mol. The first-order chi connectivity index (χ1) is 18.6.